The van der Waals surface area contributed by atoms with E-state index in [2.05, 4.69) is 35.9 Å². The molecule has 0 saturated heterocycles. The van der Waals surface area contributed by atoms with E-state index in [0.29, 0.717) is 0 Å². The molecule has 0 bridgehead atoms. The maximum atomic E-state index is 6.21. The Labute approximate surface area is 128 Å². The Morgan fingerprint density at radius 2 is 1.35 bits per heavy atom. The third-order valence-electron chi connectivity index (χ3n) is 3.15. The molecule has 2 nitrogen and oxygen atoms in total. The lowest BCUT2D eigenvalue weighted by molar-refractivity contribution is -0.644. The Balaban J connectivity index is 0.00000147. The third-order valence-corrected chi connectivity index (χ3v) is 4.26. The van der Waals surface area contributed by atoms with E-state index in [1.54, 1.807) is 11.3 Å². The number of nitrogens with zero attached hydrogens (tertiary/aromatic N) is 1. The normalized spacial score (nSPS) is 10.1. The van der Waals surface area contributed by atoms with Crippen molar-refractivity contribution in [3.05, 3.63) is 60.7 Å². The van der Waals surface area contributed by atoms with Crippen molar-refractivity contribution in [2.45, 2.75) is 0 Å². The number of rotatable bonds is 2. The lowest BCUT2D eigenvalue weighted by Crippen LogP contribution is -3.00. The van der Waals surface area contributed by atoms with E-state index >= 15 is 0 Å². The summed E-state index contributed by atoms with van der Waals surface area (Å²) >= 11 is 1.63. The van der Waals surface area contributed by atoms with Gasteiger partial charge in [0.2, 0.25) is 5.69 Å². The van der Waals surface area contributed by atoms with Crippen LogP contribution in [-0.4, -0.2) is 0 Å². The van der Waals surface area contributed by atoms with Crippen molar-refractivity contribution in [3.8, 4) is 21.8 Å². The van der Waals surface area contributed by atoms with E-state index in [1.807, 2.05) is 36.4 Å². The summed E-state index contributed by atoms with van der Waals surface area (Å²) in [6, 6.07) is 20.6. The van der Waals surface area contributed by atoms with Gasteiger partial charge in [-0.15, -0.1) is 0 Å². The van der Waals surface area contributed by atoms with Crippen LogP contribution in [0, 0.1) is 0 Å². The first-order valence-electron chi connectivity index (χ1n) is 6.16. The molecule has 0 atom stereocenters. The van der Waals surface area contributed by atoms with E-state index in [1.165, 1.54) is 10.6 Å². The average Bonchev–Trinajstić information content (AvgIpc) is 2.76. The Morgan fingerprint density at radius 3 is 1.90 bits per heavy atom. The number of hydrogen-bond acceptors (Lipinski definition) is 2. The lowest BCUT2D eigenvalue weighted by atomic mass is 10.1. The number of hydrogen-bond donors (Lipinski definition) is 1. The highest BCUT2D eigenvalue weighted by atomic mass is 35.5. The van der Waals surface area contributed by atoms with Gasteiger partial charge in [0.05, 0.1) is 5.56 Å². The molecule has 2 N–H and O–H groups in total. The summed E-state index contributed by atoms with van der Waals surface area (Å²) in [4.78, 5) is 0. The van der Waals surface area contributed by atoms with Gasteiger partial charge in [-0.3, -0.25) is 0 Å². The second kappa shape index (κ2) is 6.07. The summed E-state index contributed by atoms with van der Waals surface area (Å²) in [7, 11) is 2.07. The van der Waals surface area contributed by atoms with Gasteiger partial charge < -0.3 is 18.1 Å². The number of anilines is 1. The predicted molar refractivity (Wildman–Crippen MR) is 80.8 cm³/mol. The number of aromatic nitrogens is 1. The summed E-state index contributed by atoms with van der Waals surface area (Å²) in [6.45, 7) is 0. The van der Waals surface area contributed by atoms with Gasteiger partial charge in [0.25, 0.3) is 5.01 Å². The van der Waals surface area contributed by atoms with Gasteiger partial charge >= 0.3 is 0 Å². The molecule has 1 aromatic heterocycles. The Hall–Kier alpha value is -1.84. The zero-order valence-electron chi connectivity index (χ0n) is 11.1. The van der Waals surface area contributed by atoms with E-state index in [4.69, 9.17) is 5.73 Å². The van der Waals surface area contributed by atoms with E-state index in [9.17, 15) is 0 Å². The third kappa shape index (κ3) is 2.55. The lowest BCUT2D eigenvalue weighted by Gasteiger charge is -1.97. The first kappa shape index (κ1) is 14.6. The molecule has 102 valence electrons. The molecule has 2 aromatic carbocycles. The molecule has 0 radical (unpaired) electrons. The minimum absolute atomic E-state index is 0. The van der Waals surface area contributed by atoms with Crippen LogP contribution in [0.5, 0.6) is 0 Å². The van der Waals surface area contributed by atoms with Crippen LogP contribution in [0.25, 0.3) is 21.8 Å². The van der Waals surface area contributed by atoms with Crippen LogP contribution < -0.4 is 22.7 Å². The number of halogens is 1. The Kier molecular flexibility index (Phi) is 4.42. The monoisotopic (exact) mass is 302 g/mol. The molecule has 3 aromatic rings. The van der Waals surface area contributed by atoms with Gasteiger partial charge in [0.1, 0.15) is 7.05 Å². The number of benzene rings is 2. The van der Waals surface area contributed by atoms with Crippen molar-refractivity contribution in [3.63, 3.8) is 0 Å². The van der Waals surface area contributed by atoms with Gasteiger partial charge in [-0.1, -0.05) is 36.4 Å². The Bertz CT molecular complexity index is 693. The minimum Gasteiger partial charge on any atom is -1.00 e. The molecule has 0 spiro atoms. The van der Waals surface area contributed by atoms with Crippen LogP contribution in [0.2, 0.25) is 0 Å². The predicted octanol–water partition coefficient (Wildman–Crippen LogP) is 0.493. The highest BCUT2D eigenvalue weighted by Gasteiger charge is 2.24. The molecule has 0 fully saturated rings. The van der Waals surface area contributed by atoms with Gasteiger partial charge in [-0.05, 0) is 35.6 Å². The van der Waals surface area contributed by atoms with Crippen LogP contribution in [0.3, 0.4) is 0 Å². The van der Waals surface area contributed by atoms with Gasteiger partial charge in [-0.2, -0.15) is 4.57 Å². The largest absolute Gasteiger partial charge is 1.00 e. The van der Waals surface area contributed by atoms with Crippen LogP contribution >= 0.6 is 11.3 Å². The van der Waals surface area contributed by atoms with E-state index in [-0.39, 0.29) is 12.4 Å². The molecule has 1 heterocycles. The summed E-state index contributed by atoms with van der Waals surface area (Å²) in [5, 5.41) is 2.03. The quantitative estimate of drug-likeness (QED) is 0.686. The maximum Gasteiger partial charge on any atom is 0.271 e. The smallest absolute Gasteiger partial charge is 0.271 e. The zero-order chi connectivity index (χ0) is 13.2. The summed E-state index contributed by atoms with van der Waals surface area (Å²) in [5.41, 5.74) is 9.65. The fourth-order valence-corrected chi connectivity index (χ4v) is 3.29. The fraction of sp³-hybridized carbons (Fsp3) is 0.0625. The molecular formula is C16H15ClN2S. The molecule has 0 aliphatic carbocycles. The second-order valence-corrected chi connectivity index (χ2v) is 5.44. The molecule has 0 amide bonds. The minimum atomic E-state index is 0. The molecule has 0 aliphatic rings. The molecule has 4 heteroatoms. The molecular weight excluding hydrogens is 288 g/mol. The van der Waals surface area contributed by atoms with E-state index < -0.39 is 0 Å². The SMILES string of the molecule is C[n+]1c(-c2ccccc2)sc(N)c1-c1ccccc1.[Cl-]. The summed E-state index contributed by atoms with van der Waals surface area (Å²) < 4.78 is 2.17. The molecule has 0 unspecified atom stereocenters. The van der Waals surface area contributed by atoms with E-state index in [0.717, 1.165) is 16.3 Å². The van der Waals surface area contributed by atoms with Crippen molar-refractivity contribution in [1.82, 2.24) is 0 Å². The molecule has 0 saturated carbocycles. The summed E-state index contributed by atoms with van der Waals surface area (Å²) in [5.74, 6) is 0. The van der Waals surface area contributed by atoms with Crippen molar-refractivity contribution in [2.24, 2.45) is 7.05 Å². The maximum absolute atomic E-state index is 6.21. The van der Waals surface area contributed by atoms with Crippen molar-refractivity contribution >= 4 is 16.3 Å². The van der Waals surface area contributed by atoms with Gasteiger partial charge in [0.15, 0.2) is 5.00 Å². The highest BCUT2D eigenvalue weighted by Crippen LogP contribution is 2.33. The van der Waals surface area contributed by atoms with Gasteiger partial charge in [-0.25, -0.2) is 0 Å². The number of nitrogens with two attached hydrogens (primary N) is 1. The van der Waals surface area contributed by atoms with Crippen molar-refractivity contribution in [2.75, 3.05) is 5.73 Å². The van der Waals surface area contributed by atoms with Crippen LogP contribution in [0.15, 0.2) is 60.7 Å². The van der Waals surface area contributed by atoms with Crippen molar-refractivity contribution in [1.29, 1.82) is 0 Å². The standard InChI is InChI=1S/C16H15N2S.ClH/c1-18-14(12-8-4-2-5-9-12)15(17)19-16(18)13-10-6-3-7-11-13;/h2-11H,17H2,1H3;1H/q+1;/p-1. The fourth-order valence-electron chi connectivity index (χ4n) is 2.25. The van der Waals surface area contributed by atoms with Crippen LogP contribution in [0.4, 0.5) is 5.00 Å². The Morgan fingerprint density at radius 1 is 0.850 bits per heavy atom. The highest BCUT2D eigenvalue weighted by molar-refractivity contribution is 7.18. The van der Waals surface area contributed by atoms with Crippen molar-refractivity contribution < 1.29 is 17.0 Å². The number of thiazole rings is 1. The first-order valence-corrected chi connectivity index (χ1v) is 6.98. The molecule has 0 aliphatic heterocycles. The van der Waals surface area contributed by atoms with Crippen LogP contribution in [0.1, 0.15) is 0 Å². The molecule has 3 rings (SSSR count). The summed E-state index contributed by atoms with van der Waals surface area (Å²) in [6.07, 6.45) is 0. The topological polar surface area (TPSA) is 29.9 Å². The number of nitrogen functional groups attached to an aromatic ring is 1. The average molecular weight is 303 g/mol. The zero-order valence-corrected chi connectivity index (χ0v) is 12.7. The second-order valence-electron chi connectivity index (χ2n) is 4.41. The molecule has 20 heavy (non-hydrogen) atoms. The first-order chi connectivity index (χ1) is 9.27. The van der Waals surface area contributed by atoms with Gasteiger partial charge in [0, 0.05) is 5.56 Å². The van der Waals surface area contributed by atoms with Crippen LogP contribution in [-0.2, 0) is 7.05 Å².